The summed E-state index contributed by atoms with van der Waals surface area (Å²) in [4.78, 5) is 0. The van der Waals surface area contributed by atoms with Gasteiger partial charge in [0.2, 0.25) is 0 Å². The fourth-order valence-corrected chi connectivity index (χ4v) is 2.92. The summed E-state index contributed by atoms with van der Waals surface area (Å²) in [5, 5.41) is 21.4. The molecule has 0 aliphatic heterocycles. The smallest absolute Gasteiger partial charge is 0.0590 e. The van der Waals surface area contributed by atoms with Gasteiger partial charge in [-0.05, 0) is 39.2 Å². The molecule has 0 saturated heterocycles. The molecule has 3 heteroatoms. The molecule has 0 heterocycles. The molecule has 0 aromatic heterocycles. The van der Waals surface area contributed by atoms with E-state index in [1.54, 1.807) is 0 Å². The zero-order chi connectivity index (χ0) is 15.4. The molecule has 1 fully saturated rings. The lowest BCUT2D eigenvalue weighted by atomic mass is 9.97. The molecule has 3 N–H and O–H groups in total. The summed E-state index contributed by atoms with van der Waals surface area (Å²) in [6.45, 7) is 6.41. The lowest BCUT2D eigenvalue weighted by Crippen LogP contribution is -2.23. The molecule has 1 aliphatic rings. The first-order chi connectivity index (χ1) is 9.58. The molecule has 0 aromatic rings. The Morgan fingerprint density at radius 1 is 1.20 bits per heavy atom. The summed E-state index contributed by atoms with van der Waals surface area (Å²) in [5.41, 5.74) is 0. The summed E-state index contributed by atoms with van der Waals surface area (Å²) < 4.78 is 0. The lowest BCUT2D eigenvalue weighted by Gasteiger charge is -2.17. The van der Waals surface area contributed by atoms with E-state index >= 15 is 0 Å². The number of nitrogens with one attached hydrogen (secondary N) is 1. The van der Waals surface area contributed by atoms with Crippen LogP contribution in [0.4, 0.5) is 0 Å². The zero-order valence-electron chi connectivity index (χ0n) is 14.1. The maximum absolute atomic E-state index is 9.35. The van der Waals surface area contributed by atoms with E-state index in [0.717, 1.165) is 31.2 Å². The molecule has 3 atom stereocenters. The van der Waals surface area contributed by atoms with Crippen LogP contribution in [0.1, 0.15) is 72.1 Å². The quantitative estimate of drug-likeness (QED) is 0.642. The molecular weight excluding hydrogens is 250 g/mol. The second kappa shape index (κ2) is 12.6. The van der Waals surface area contributed by atoms with Gasteiger partial charge in [0, 0.05) is 18.6 Å². The van der Waals surface area contributed by atoms with Crippen molar-refractivity contribution in [1.82, 2.24) is 5.32 Å². The van der Waals surface area contributed by atoms with Gasteiger partial charge in [-0.1, -0.05) is 46.0 Å². The third-order valence-electron chi connectivity index (χ3n) is 4.54. The highest BCUT2D eigenvalue weighted by Gasteiger charge is 2.16. The van der Waals surface area contributed by atoms with Crippen LogP contribution in [0.2, 0.25) is 0 Å². The number of aliphatic hydroxyl groups is 2. The third-order valence-corrected chi connectivity index (χ3v) is 4.54. The summed E-state index contributed by atoms with van der Waals surface area (Å²) in [6, 6.07) is 0.725. The molecule has 3 unspecified atom stereocenters. The second-order valence-corrected chi connectivity index (χ2v) is 6.28. The van der Waals surface area contributed by atoms with Crippen LogP contribution in [0.3, 0.4) is 0 Å². The summed E-state index contributed by atoms with van der Waals surface area (Å²) in [7, 11) is 2.06. The Hall–Kier alpha value is -0.120. The third kappa shape index (κ3) is 8.93. The fourth-order valence-electron chi connectivity index (χ4n) is 2.92. The van der Waals surface area contributed by atoms with Gasteiger partial charge in [-0.25, -0.2) is 0 Å². The van der Waals surface area contributed by atoms with E-state index in [9.17, 15) is 5.11 Å². The monoisotopic (exact) mass is 287 g/mol. The van der Waals surface area contributed by atoms with Gasteiger partial charge in [0.15, 0.2) is 0 Å². The minimum absolute atomic E-state index is 0.0833. The Balaban J connectivity index is 0.000000361. The van der Waals surface area contributed by atoms with Crippen molar-refractivity contribution >= 4 is 0 Å². The highest BCUT2D eigenvalue weighted by molar-refractivity contribution is 4.71. The number of aliphatic hydroxyl groups excluding tert-OH is 2. The van der Waals surface area contributed by atoms with Gasteiger partial charge >= 0.3 is 0 Å². The molecule has 0 spiro atoms. The van der Waals surface area contributed by atoms with Gasteiger partial charge in [-0.15, -0.1) is 0 Å². The van der Waals surface area contributed by atoms with Crippen molar-refractivity contribution < 1.29 is 10.2 Å². The van der Waals surface area contributed by atoms with Crippen LogP contribution < -0.4 is 5.32 Å². The highest BCUT2D eigenvalue weighted by Crippen LogP contribution is 2.28. The highest BCUT2D eigenvalue weighted by atomic mass is 16.3. The largest absolute Gasteiger partial charge is 0.396 e. The minimum Gasteiger partial charge on any atom is -0.396 e. The SMILES string of the molecule is CCCC(O)C(CC)CO.CNC(C)CC1CCCC1. The predicted molar refractivity (Wildman–Crippen MR) is 86.9 cm³/mol. The van der Waals surface area contributed by atoms with E-state index in [-0.39, 0.29) is 18.6 Å². The van der Waals surface area contributed by atoms with Crippen LogP contribution in [0.25, 0.3) is 0 Å². The van der Waals surface area contributed by atoms with E-state index in [1.807, 2.05) is 13.8 Å². The number of rotatable bonds is 8. The van der Waals surface area contributed by atoms with Gasteiger partial charge in [0.25, 0.3) is 0 Å². The van der Waals surface area contributed by atoms with E-state index < -0.39 is 0 Å². The average molecular weight is 287 g/mol. The van der Waals surface area contributed by atoms with E-state index in [0.29, 0.717) is 0 Å². The van der Waals surface area contributed by atoms with Crippen LogP contribution in [-0.2, 0) is 0 Å². The minimum atomic E-state index is -0.306. The van der Waals surface area contributed by atoms with Crippen LogP contribution in [0.5, 0.6) is 0 Å². The Bertz CT molecular complexity index is 201. The van der Waals surface area contributed by atoms with Crippen LogP contribution in [0, 0.1) is 11.8 Å². The van der Waals surface area contributed by atoms with Crippen molar-refractivity contribution in [2.75, 3.05) is 13.7 Å². The van der Waals surface area contributed by atoms with Crippen LogP contribution in [-0.4, -0.2) is 36.0 Å². The molecule has 1 rings (SSSR count). The molecule has 1 saturated carbocycles. The molecule has 0 aromatic carbocycles. The molecule has 3 nitrogen and oxygen atoms in total. The summed E-state index contributed by atoms with van der Waals surface area (Å²) >= 11 is 0. The Morgan fingerprint density at radius 3 is 2.20 bits per heavy atom. The van der Waals surface area contributed by atoms with Crippen molar-refractivity contribution in [2.45, 2.75) is 84.3 Å². The maximum Gasteiger partial charge on any atom is 0.0590 e. The fraction of sp³-hybridized carbons (Fsp3) is 1.00. The topological polar surface area (TPSA) is 52.5 Å². The first kappa shape index (κ1) is 19.9. The summed E-state index contributed by atoms with van der Waals surface area (Å²) in [6.07, 6.45) is 9.63. The second-order valence-electron chi connectivity index (χ2n) is 6.28. The lowest BCUT2D eigenvalue weighted by molar-refractivity contribution is 0.0584. The van der Waals surface area contributed by atoms with Gasteiger partial charge in [0.1, 0.15) is 0 Å². The molecule has 0 amide bonds. The van der Waals surface area contributed by atoms with Crippen molar-refractivity contribution in [3.63, 3.8) is 0 Å². The zero-order valence-corrected chi connectivity index (χ0v) is 14.1. The van der Waals surface area contributed by atoms with Crippen molar-refractivity contribution in [3.05, 3.63) is 0 Å². The van der Waals surface area contributed by atoms with E-state index in [4.69, 9.17) is 5.11 Å². The average Bonchev–Trinajstić information content (AvgIpc) is 2.94. The molecular formula is C17H37NO2. The number of hydrogen-bond acceptors (Lipinski definition) is 3. The molecule has 0 radical (unpaired) electrons. The number of hydrogen-bond donors (Lipinski definition) is 3. The van der Waals surface area contributed by atoms with Gasteiger partial charge in [-0.2, -0.15) is 0 Å². The van der Waals surface area contributed by atoms with Crippen molar-refractivity contribution in [2.24, 2.45) is 11.8 Å². The van der Waals surface area contributed by atoms with E-state index in [1.165, 1.54) is 32.1 Å². The standard InChI is InChI=1S/C9H19N.C8H18O2/c1-8(10-2)7-9-5-3-4-6-9;1-3-5-8(10)7(4-2)6-9/h8-10H,3-7H2,1-2H3;7-10H,3-6H2,1-2H3. The van der Waals surface area contributed by atoms with Gasteiger partial charge < -0.3 is 15.5 Å². The Morgan fingerprint density at radius 2 is 1.80 bits per heavy atom. The molecule has 1 aliphatic carbocycles. The Labute approximate surface area is 126 Å². The Kier molecular flexibility index (Phi) is 12.5. The molecule has 122 valence electrons. The van der Waals surface area contributed by atoms with E-state index in [2.05, 4.69) is 19.3 Å². The van der Waals surface area contributed by atoms with Crippen LogP contribution in [0.15, 0.2) is 0 Å². The van der Waals surface area contributed by atoms with Gasteiger partial charge in [-0.3, -0.25) is 0 Å². The van der Waals surface area contributed by atoms with Crippen LogP contribution >= 0.6 is 0 Å². The van der Waals surface area contributed by atoms with Gasteiger partial charge in [0.05, 0.1) is 6.10 Å². The molecule has 0 bridgehead atoms. The first-order valence-electron chi connectivity index (χ1n) is 8.55. The first-order valence-corrected chi connectivity index (χ1v) is 8.55. The van der Waals surface area contributed by atoms with Crippen molar-refractivity contribution in [3.8, 4) is 0 Å². The molecule has 20 heavy (non-hydrogen) atoms. The maximum atomic E-state index is 9.35. The summed E-state index contributed by atoms with van der Waals surface area (Å²) in [5.74, 6) is 1.11. The normalized spacial score (nSPS) is 20.1. The van der Waals surface area contributed by atoms with Crippen molar-refractivity contribution in [1.29, 1.82) is 0 Å². The predicted octanol–water partition coefficient (Wildman–Crippen LogP) is 3.34.